The Morgan fingerprint density at radius 1 is 1.40 bits per heavy atom. The average Bonchev–Trinajstić information content (AvgIpc) is 2.99. The fraction of sp³-hybridized carbons (Fsp3) is 0.500. The Labute approximate surface area is 121 Å². The predicted octanol–water partition coefficient (Wildman–Crippen LogP) is 2.07. The Bertz CT molecular complexity index is 550. The van der Waals surface area contributed by atoms with Gasteiger partial charge in [0.1, 0.15) is 5.01 Å². The molecule has 108 valence electrons. The smallest absolute Gasteiger partial charge is 0.321 e. The number of hydrogen-bond donors (Lipinski definition) is 2. The maximum absolute atomic E-state index is 11.8. The molecule has 0 fully saturated rings. The SMILES string of the molecule is CC(Cn1cccn1)NC(=O)Nc1nnc(C(C)C)s1. The average molecular weight is 294 g/mol. The molecule has 2 amide bonds. The van der Waals surface area contributed by atoms with Crippen molar-refractivity contribution in [2.75, 3.05) is 5.32 Å². The van der Waals surface area contributed by atoms with Gasteiger partial charge in [0.2, 0.25) is 5.13 Å². The summed E-state index contributed by atoms with van der Waals surface area (Å²) < 4.78 is 1.77. The zero-order chi connectivity index (χ0) is 14.5. The second-order valence-electron chi connectivity index (χ2n) is 4.83. The first-order valence-corrected chi connectivity index (χ1v) is 7.24. The minimum atomic E-state index is -0.281. The monoisotopic (exact) mass is 294 g/mol. The molecule has 2 aromatic heterocycles. The van der Waals surface area contributed by atoms with Crippen LogP contribution in [0.1, 0.15) is 31.7 Å². The van der Waals surface area contributed by atoms with E-state index in [1.165, 1.54) is 11.3 Å². The Morgan fingerprint density at radius 3 is 2.80 bits per heavy atom. The van der Waals surface area contributed by atoms with Gasteiger partial charge in [0.25, 0.3) is 0 Å². The highest BCUT2D eigenvalue weighted by atomic mass is 32.1. The summed E-state index contributed by atoms with van der Waals surface area (Å²) in [5.41, 5.74) is 0. The van der Waals surface area contributed by atoms with E-state index in [0.29, 0.717) is 17.6 Å². The molecule has 0 saturated carbocycles. The van der Waals surface area contributed by atoms with Crippen LogP contribution < -0.4 is 10.6 Å². The van der Waals surface area contributed by atoms with Crippen LogP contribution >= 0.6 is 11.3 Å². The predicted molar refractivity (Wildman–Crippen MR) is 77.8 cm³/mol. The molecule has 2 N–H and O–H groups in total. The van der Waals surface area contributed by atoms with Crippen molar-refractivity contribution in [3.63, 3.8) is 0 Å². The number of nitrogens with zero attached hydrogens (tertiary/aromatic N) is 4. The van der Waals surface area contributed by atoms with E-state index in [1.807, 2.05) is 33.0 Å². The molecule has 0 spiro atoms. The highest BCUT2D eigenvalue weighted by molar-refractivity contribution is 7.15. The largest absolute Gasteiger partial charge is 0.333 e. The van der Waals surface area contributed by atoms with Crippen molar-refractivity contribution in [2.45, 2.75) is 39.3 Å². The van der Waals surface area contributed by atoms with Crippen LogP contribution in [0, 0.1) is 0 Å². The van der Waals surface area contributed by atoms with Gasteiger partial charge in [0.15, 0.2) is 0 Å². The Balaban J connectivity index is 1.82. The molecule has 0 radical (unpaired) electrons. The van der Waals surface area contributed by atoms with Gasteiger partial charge in [-0.05, 0) is 13.0 Å². The molecule has 2 rings (SSSR count). The summed E-state index contributed by atoms with van der Waals surface area (Å²) in [6, 6.07) is 1.53. The van der Waals surface area contributed by atoms with Crippen LogP contribution in [0.25, 0.3) is 0 Å². The molecule has 0 saturated heterocycles. The molecule has 7 nitrogen and oxygen atoms in total. The van der Waals surface area contributed by atoms with Crippen LogP contribution in [0.2, 0.25) is 0 Å². The van der Waals surface area contributed by atoms with Gasteiger partial charge in [-0.1, -0.05) is 25.2 Å². The number of carbonyl (C=O) groups excluding carboxylic acids is 1. The molecule has 0 bridgehead atoms. The Morgan fingerprint density at radius 2 is 2.20 bits per heavy atom. The molecule has 1 atom stereocenters. The van der Waals surface area contributed by atoms with Crippen molar-refractivity contribution >= 4 is 22.5 Å². The minimum absolute atomic E-state index is 0.0348. The van der Waals surface area contributed by atoms with E-state index in [1.54, 1.807) is 10.9 Å². The molecule has 0 aliphatic rings. The standard InChI is InChI=1S/C12H18N6OS/c1-8(2)10-16-17-12(20-10)15-11(19)14-9(3)7-18-6-4-5-13-18/h4-6,8-9H,7H2,1-3H3,(H2,14,15,17,19). The van der Waals surface area contributed by atoms with Gasteiger partial charge in [-0.3, -0.25) is 10.00 Å². The number of rotatable bonds is 5. The van der Waals surface area contributed by atoms with Crippen molar-refractivity contribution in [2.24, 2.45) is 0 Å². The summed E-state index contributed by atoms with van der Waals surface area (Å²) >= 11 is 1.39. The van der Waals surface area contributed by atoms with Gasteiger partial charge in [0.05, 0.1) is 6.54 Å². The first-order valence-electron chi connectivity index (χ1n) is 6.43. The van der Waals surface area contributed by atoms with Gasteiger partial charge in [-0.2, -0.15) is 5.10 Å². The van der Waals surface area contributed by atoms with Crippen LogP contribution in [0.4, 0.5) is 9.93 Å². The van der Waals surface area contributed by atoms with E-state index in [0.717, 1.165) is 5.01 Å². The van der Waals surface area contributed by atoms with Gasteiger partial charge < -0.3 is 5.32 Å². The first kappa shape index (κ1) is 14.4. The second-order valence-corrected chi connectivity index (χ2v) is 5.84. The van der Waals surface area contributed by atoms with Crippen LogP contribution in [-0.4, -0.2) is 32.1 Å². The van der Waals surface area contributed by atoms with Crippen molar-refractivity contribution in [1.82, 2.24) is 25.3 Å². The summed E-state index contributed by atoms with van der Waals surface area (Å²) in [5.74, 6) is 0.310. The summed E-state index contributed by atoms with van der Waals surface area (Å²) in [6.45, 7) is 6.61. The lowest BCUT2D eigenvalue weighted by Crippen LogP contribution is -2.38. The quantitative estimate of drug-likeness (QED) is 0.884. The fourth-order valence-electron chi connectivity index (χ4n) is 1.61. The number of amides is 2. The number of hydrogen-bond acceptors (Lipinski definition) is 5. The van der Waals surface area contributed by atoms with E-state index in [-0.39, 0.29) is 12.1 Å². The molecule has 0 aliphatic carbocycles. The molecule has 2 heterocycles. The molecule has 0 aliphatic heterocycles. The number of carbonyl (C=O) groups is 1. The van der Waals surface area contributed by atoms with E-state index in [2.05, 4.69) is 25.9 Å². The lowest BCUT2D eigenvalue weighted by Gasteiger charge is -2.13. The molecular weight excluding hydrogens is 276 g/mol. The van der Waals surface area contributed by atoms with E-state index < -0.39 is 0 Å². The topological polar surface area (TPSA) is 84.7 Å². The Kier molecular flexibility index (Phi) is 4.67. The van der Waals surface area contributed by atoms with Crippen LogP contribution in [0.3, 0.4) is 0 Å². The van der Waals surface area contributed by atoms with E-state index in [9.17, 15) is 4.79 Å². The number of anilines is 1. The van der Waals surface area contributed by atoms with Crippen LogP contribution in [0.15, 0.2) is 18.5 Å². The highest BCUT2D eigenvalue weighted by Gasteiger charge is 2.12. The zero-order valence-corrected chi connectivity index (χ0v) is 12.5. The summed E-state index contributed by atoms with van der Waals surface area (Å²) in [5, 5.41) is 19.0. The summed E-state index contributed by atoms with van der Waals surface area (Å²) in [4.78, 5) is 11.8. The maximum Gasteiger partial charge on any atom is 0.321 e. The van der Waals surface area contributed by atoms with Crippen LogP contribution in [-0.2, 0) is 6.54 Å². The molecule has 8 heteroatoms. The highest BCUT2D eigenvalue weighted by Crippen LogP contribution is 2.22. The lowest BCUT2D eigenvalue weighted by atomic mass is 10.2. The molecular formula is C12H18N6OS. The number of nitrogens with one attached hydrogen (secondary N) is 2. The van der Waals surface area contributed by atoms with Crippen molar-refractivity contribution in [3.8, 4) is 0 Å². The van der Waals surface area contributed by atoms with Crippen molar-refractivity contribution < 1.29 is 4.79 Å². The maximum atomic E-state index is 11.8. The third-order valence-corrected chi connectivity index (χ3v) is 3.69. The van der Waals surface area contributed by atoms with E-state index in [4.69, 9.17) is 0 Å². The normalized spacial score (nSPS) is 12.4. The molecule has 0 aromatic carbocycles. The third kappa shape index (κ3) is 4.02. The summed E-state index contributed by atoms with van der Waals surface area (Å²) in [6.07, 6.45) is 3.57. The zero-order valence-electron chi connectivity index (χ0n) is 11.7. The first-order chi connectivity index (χ1) is 9.54. The van der Waals surface area contributed by atoms with Gasteiger partial charge in [-0.15, -0.1) is 10.2 Å². The molecule has 2 aromatic rings. The molecule has 1 unspecified atom stereocenters. The van der Waals surface area contributed by atoms with E-state index >= 15 is 0 Å². The second kappa shape index (κ2) is 6.47. The lowest BCUT2D eigenvalue weighted by molar-refractivity contribution is 0.247. The Hall–Kier alpha value is -1.96. The minimum Gasteiger partial charge on any atom is -0.333 e. The van der Waals surface area contributed by atoms with Crippen molar-refractivity contribution in [1.29, 1.82) is 0 Å². The fourth-order valence-corrected chi connectivity index (χ4v) is 2.35. The molecule has 20 heavy (non-hydrogen) atoms. The van der Waals surface area contributed by atoms with Gasteiger partial charge in [0, 0.05) is 24.4 Å². The van der Waals surface area contributed by atoms with Gasteiger partial charge >= 0.3 is 6.03 Å². The van der Waals surface area contributed by atoms with Crippen molar-refractivity contribution in [3.05, 3.63) is 23.5 Å². The third-order valence-electron chi connectivity index (χ3n) is 2.55. The summed E-state index contributed by atoms with van der Waals surface area (Å²) in [7, 11) is 0. The van der Waals surface area contributed by atoms with Gasteiger partial charge in [-0.25, -0.2) is 4.79 Å². The number of urea groups is 1. The van der Waals surface area contributed by atoms with Crippen LogP contribution in [0.5, 0.6) is 0 Å². The number of aromatic nitrogens is 4.